The predicted octanol–water partition coefficient (Wildman–Crippen LogP) is 8.70. The first-order valence-corrected chi connectivity index (χ1v) is 12.9. The zero-order chi connectivity index (χ0) is 26.1. The Bertz CT molecular complexity index is 1190. The first-order chi connectivity index (χ1) is 17.3. The minimum atomic E-state index is -0.747. The molecule has 194 valence electrons. The minimum Gasteiger partial charge on any atom is -0.434 e. The van der Waals surface area contributed by atoms with Gasteiger partial charge in [-0.25, -0.2) is 9.59 Å². The number of benzene rings is 3. The monoisotopic (exact) mass is 494 g/mol. The summed E-state index contributed by atoms with van der Waals surface area (Å²) in [5.74, 6) is 0.783. The molecule has 0 aliphatic carbocycles. The maximum absolute atomic E-state index is 12.7. The lowest BCUT2D eigenvalue weighted by Gasteiger charge is -2.24. The van der Waals surface area contributed by atoms with E-state index in [0.29, 0.717) is 46.3 Å². The summed E-state index contributed by atoms with van der Waals surface area (Å²) in [4.78, 5) is 25.3. The topological polar surface area (TPSA) is 71.1 Å². The van der Waals surface area contributed by atoms with E-state index in [-0.39, 0.29) is 5.41 Å². The van der Waals surface area contributed by atoms with Gasteiger partial charge in [-0.1, -0.05) is 103 Å². The summed E-state index contributed by atoms with van der Waals surface area (Å²) < 4.78 is 22.4. The molecule has 6 heteroatoms. The molecular weight excluding hydrogens is 456 g/mol. The molecule has 3 aromatic carbocycles. The lowest BCUT2D eigenvalue weighted by Crippen LogP contribution is -2.16. The second-order valence-electron chi connectivity index (χ2n) is 10.00. The van der Waals surface area contributed by atoms with Crippen molar-refractivity contribution in [3.8, 4) is 11.5 Å². The van der Waals surface area contributed by atoms with E-state index in [1.54, 1.807) is 0 Å². The van der Waals surface area contributed by atoms with Gasteiger partial charge in [0.25, 0.3) is 0 Å². The molecule has 0 N–H and O–H groups in total. The molecule has 0 spiro atoms. The summed E-state index contributed by atoms with van der Waals surface area (Å²) in [6, 6.07) is 13.2. The van der Waals surface area contributed by atoms with Gasteiger partial charge in [-0.3, -0.25) is 0 Å². The zero-order valence-electron chi connectivity index (χ0n) is 22.1. The Morgan fingerprint density at radius 2 is 1.17 bits per heavy atom. The normalized spacial score (nSPS) is 11.5. The van der Waals surface area contributed by atoms with Gasteiger partial charge in [-0.05, 0) is 23.8 Å². The Hall–Kier alpha value is -3.28. The number of ether oxygens (including phenoxy) is 4. The lowest BCUT2D eigenvalue weighted by atomic mass is 9.82. The van der Waals surface area contributed by atoms with Gasteiger partial charge in [-0.15, -0.1) is 0 Å². The van der Waals surface area contributed by atoms with Gasteiger partial charge >= 0.3 is 12.3 Å². The van der Waals surface area contributed by atoms with Crippen molar-refractivity contribution in [1.82, 2.24) is 0 Å². The molecule has 0 bridgehead atoms. The molecule has 3 rings (SSSR count). The molecule has 0 unspecified atom stereocenters. The summed E-state index contributed by atoms with van der Waals surface area (Å²) in [7, 11) is 0. The van der Waals surface area contributed by atoms with Gasteiger partial charge in [0.05, 0.1) is 13.2 Å². The number of unbranched alkanes of at least 4 members (excludes halogenated alkanes) is 4. The van der Waals surface area contributed by atoms with Crippen LogP contribution in [0.25, 0.3) is 21.5 Å². The fourth-order valence-electron chi connectivity index (χ4n) is 4.23. The average Bonchev–Trinajstić information content (AvgIpc) is 2.85. The fraction of sp³-hybridized carbons (Fsp3) is 0.467. The molecule has 0 atom stereocenters. The number of rotatable bonds is 10. The highest BCUT2D eigenvalue weighted by Gasteiger charge is 2.26. The minimum absolute atomic E-state index is 0.275. The molecular formula is C30H38O6. The van der Waals surface area contributed by atoms with Crippen LogP contribution in [0.2, 0.25) is 0 Å². The fourth-order valence-corrected chi connectivity index (χ4v) is 4.23. The van der Waals surface area contributed by atoms with Crippen LogP contribution in [0.5, 0.6) is 11.5 Å². The van der Waals surface area contributed by atoms with Crippen LogP contribution in [0.1, 0.15) is 78.7 Å². The van der Waals surface area contributed by atoms with Gasteiger partial charge in [-0.2, -0.15) is 0 Å². The predicted molar refractivity (Wildman–Crippen MR) is 143 cm³/mol. The molecule has 0 saturated heterocycles. The van der Waals surface area contributed by atoms with Crippen LogP contribution in [0.4, 0.5) is 9.59 Å². The highest BCUT2D eigenvalue weighted by atomic mass is 16.7. The van der Waals surface area contributed by atoms with Crippen LogP contribution in [0.3, 0.4) is 0 Å². The molecule has 0 aromatic heterocycles. The molecule has 6 nitrogen and oxygen atoms in total. The van der Waals surface area contributed by atoms with E-state index in [9.17, 15) is 9.59 Å². The molecule has 0 heterocycles. The van der Waals surface area contributed by atoms with E-state index in [0.717, 1.165) is 44.1 Å². The van der Waals surface area contributed by atoms with Crippen LogP contribution in [0.15, 0.2) is 42.5 Å². The van der Waals surface area contributed by atoms with Crippen molar-refractivity contribution < 1.29 is 28.5 Å². The molecule has 0 fully saturated rings. The highest BCUT2D eigenvalue weighted by molar-refractivity contribution is 6.13. The molecule has 0 aliphatic heterocycles. The Labute approximate surface area is 213 Å². The Morgan fingerprint density at radius 1 is 0.667 bits per heavy atom. The van der Waals surface area contributed by atoms with E-state index in [1.165, 1.54) is 0 Å². The Kier molecular flexibility index (Phi) is 9.57. The van der Waals surface area contributed by atoms with Crippen LogP contribution in [0, 0.1) is 0 Å². The zero-order valence-corrected chi connectivity index (χ0v) is 22.1. The third-order valence-corrected chi connectivity index (χ3v) is 6.07. The standard InChI is InChI=1S/C30H38O6/c1-6-8-12-19-33-28(31)35-26-21-15-10-11-16-22(21)27(36-29(32)34-20-13-9-7-2)25-23(26)17-14-18-24(25)30(3,4)5/h10-11,14-18H,6-9,12-13,19-20H2,1-5H3. The first-order valence-electron chi connectivity index (χ1n) is 12.9. The summed E-state index contributed by atoms with van der Waals surface area (Å²) in [5, 5.41) is 2.68. The van der Waals surface area contributed by atoms with Crippen LogP contribution >= 0.6 is 0 Å². The second-order valence-corrected chi connectivity index (χ2v) is 10.00. The van der Waals surface area contributed by atoms with E-state index in [4.69, 9.17) is 18.9 Å². The summed E-state index contributed by atoms with van der Waals surface area (Å²) in [6.07, 6.45) is 4.11. The van der Waals surface area contributed by atoms with Crippen molar-refractivity contribution in [2.24, 2.45) is 0 Å². The third-order valence-electron chi connectivity index (χ3n) is 6.07. The third kappa shape index (κ3) is 6.68. The first kappa shape index (κ1) is 27.3. The lowest BCUT2D eigenvalue weighted by molar-refractivity contribution is 0.0966. The quantitative estimate of drug-likeness (QED) is 0.121. The van der Waals surface area contributed by atoms with Crippen molar-refractivity contribution in [3.05, 3.63) is 48.0 Å². The molecule has 36 heavy (non-hydrogen) atoms. The van der Waals surface area contributed by atoms with E-state index in [1.807, 2.05) is 42.5 Å². The molecule has 3 aromatic rings. The summed E-state index contributed by atoms with van der Waals surface area (Å²) in [6.45, 7) is 11.1. The molecule has 0 saturated carbocycles. The largest absolute Gasteiger partial charge is 0.513 e. The van der Waals surface area contributed by atoms with Crippen molar-refractivity contribution in [1.29, 1.82) is 0 Å². The van der Waals surface area contributed by atoms with Gasteiger partial charge in [0.2, 0.25) is 0 Å². The molecule has 0 aliphatic rings. The van der Waals surface area contributed by atoms with Crippen LogP contribution in [-0.2, 0) is 14.9 Å². The van der Waals surface area contributed by atoms with Gasteiger partial charge in [0.15, 0.2) is 5.75 Å². The van der Waals surface area contributed by atoms with Crippen LogP contribution < -0.4 is 9.47 Å². The van der Waals surface area contributed by atoms with Gasteiger partial charge in [0.1, 0.15) is 5.75 Å². The number of carbonyl (C=O) groups excluding carboxylic acids is 2. The SMILES string of the molecule is CCCCCOC(=O)Oc1c2ccccc2c(OC(=O)OCCCCC)c2c(C(C)(C)C)cccc12. The van der Waals surface area contributed by atoms with E-state index >= 15 is 0 Å². The second kappa shape index (κ2) is 12.6. The summed E-state index contributed by atoms with van der Waals surface area (Å²) >= 11 is 0. The molecule has 0 amide bonds. The maximum atomic E-state index is 12.7. The van der Waals surface area contributed by atoms with Crippen molar-refractivity contribution in [2.45, 2.75) is 78.6 Å². The average molecular weight is 495 g/mol. The van der Waals surface area contributed by atoms with Crippen molar-refractivity contribution in [2.75, 3.05) is 13.2 Å². The molecule has 0 radical (unpaired) electrons. The van der Waals surface area contributed by atoms with E-state index in [2.05, 4.69) is 34.6 Å². The number of hydrogen-bond acceptors (Lipinski definition) is 6. The number of hydrogen-bond donors (Lipinski definition) is 0. The smallest absolute Gasteiger partial charge is 0.434 e. The highest BCUT2D eigenvalue weighted by Crippen LogP contribution is 2.46. The van der Waals surface area contributed by atoms with Gasteiger partial charge < -0.3 is 18.9 Å². The Morgan fingerprint density at radius 3 is 1.69 bits per heavy atom. The van der Waals surface area contributed by atoms with Crippen LogP contribution in [-0.4, -0.2) is 25.5 Å². The van der Waals surface area contributed by atoms with Crippen molar-refractivity contribution >= 4 is 33.9 Å². The maximum Gasteiger partial charge on any atom is 0.513 e. The number of fused-ring (bicyclic) bond motifs is 2. The van der Waals surface area contributed by atoms with Crippen molar-refractivity contribution in [3.63, 3.8) is 0 Å². The Balaban J connectivity index is 2.12. The summed E-state index contributed by atoms with van der Waals surface area (Å²) in [5.41, 5.74) is 0.684. The van der Waals surface area contributed by atoms with Gasteiger partial charge in [0, 0.05) is 21.5 Å². The number of carbonyl (C=O) groups is 2. The van der Waals surface area contributed by atoms with E-state index < -0.39 is 12.3 Å².